The van der Waals surface area contributed by atoms with E-state index in [4.69, 9.17) is 10.5 Å². The van der Waals surface area contributed by atoms with Gasteiger partial charge in [0.2, 0.25) is 0 Å². The summed E-state index contributed by atoms with van der Waals surface area (Å²) in [5, 5.41) is 0. The molecule has 102 valence electrons. The second kappa shape index (κ2) is 5.19. The Morgan fingerprint density at radius 2 is 2.42 bits per heavy atom. The molecule has 1 aromatic heterocycles. The topological polar surface area (TPSA) is 67.2 Å². The molecule has 3 N–H and O–H groups in total. The van der Waals surface area contributed by atoms with E-state index in [2.05, 4.69) is 21.8 Å². The van der Waals surface area contributed by atoms with Crippen molar-refractivity contribution in [2.24, 2.45) is 0 Å². The molecular formula is C14H20N4O. The van der Waals surface area contributed by atoms with Gasteiger partial charge >= 0.3 is 0 Å². The molecule has 19 heavy (non-hydrogen) atoms. The highest BCUT2D eigenvalue weighted by Crippen LogP contribution is 2.15. The van der Waals surface area contributed by atoms with Crippen molar-refractivity contribution in [2.75, 3.05) is 32.0 Å². The maximum atomic E-state index is 5.77. The third-order valence-electron chi connectivity index (χ3n) is 3.70. The quantitative estimate of drug-likeness (QED) is 0.819. The first-order valence-electron chi connectivity index (χ1n) is 6.78. The van der Waals surface area contributed by atoms with Crippen molar-refractivity contribution >= 4 is 16.7 Å². The number of nitrogens with one attached hydrogen (secondary N) is 1. The summed E-state index contributed by atoms with van der Waals surface area (Å²) in [5.41, 5.74) is 8.54. The van der Waals surface area contributed by atoms with Gasteiger partial charge in [-0.3, -0.25) is 4.90 Å². The summed E-state index contributed by atoms with van der Waals surface area (Å²) in [6.45, 7) is 5.89. The predicted octanol–water partition coefficient (Wildman–Crippen LogP) is 1.41. The fraction of sp³-hybridized carbons (Fsp3) is 0.500. The van der Waals surface area contributed by atoms with Crippen LogP contribution in [0.3, 0.4) is 0 Å². The number of hydrogen-bond acceptors (Lipinski definition) is 4. The lowest BCUT2D eigenvalue weighted by atomic mass is 10.2. The van der Waals surface area contributed by atoms with E-state index in [1.54, 1.807) is 0 Å². The maximum Gasteiger partial charge on any atom is 0.108 e. The molecule has 0 bridgehead atoms. The highest BCUT2D eigenvalue weighted by atomic mass is 16.5. The molecule has 0 amide bonds. The van der Waals surface area contributed by atoms with E-state index < -0.39 is 0 Å². The Hall–Kier alpha value is -1.59. The molecule has 1 atom stereocenters. The lowest BCUT2D eigenvalue weighted by Gasteiger charge is -2.32. The first-order valence-corrected chi connectivity index (χ1v) is 6.78. The summed E-state index contributed by atoms with van der Waals surface area (Å²) < 4.78 is 5.45. The third kappa shape index (κ3) is 2.72. The molecule has 1 aromatic carbocycles. The van der Waals surface area contributed by atoms with Crippen molar-refractivity contribution in [3.8, 4) is 0 Å². The van der Waals surface area contributed by atoms with Crippen LogP contribution in [0.1, 0.15) is 12.7 Å². The Balaban J connectivity index is 1.68. The molecule has 1 saturated heterocycles. The lowest BCUT2D eigenvalue weighted by molar-refractivity contribution is 0.000178. The van der Waals surface area contributed by atoms with Gasteiger partial charge in [-0.25, -0.2) is 4.98 Å². The number of nitrogens with zero attached hydrogens (tertiary/aromatic N) is 2. The molecular weight excluding hydrogens is 240 g/mol. The summed E-state index contributed by atoms with van der Waals surface area (Å²) in [6.07, 6.45) is 0.929. The van der Waals surface area contributed by atoms with E-state index in [1.807, 2.05) is 18.2 Å². The standard InChI is InChI=1S/C14H20N4O/c1-10-9-19-7-6-18(10)5-4-14-16-12-3-2-11(15)8-13(12)17-14/h2-3,8,10H,4-7,9,15H2,1H3,(H,16,17). The number of nitrogen functional groups attached to an aromatic ring is 1. The minimum atomic E-state index is 0.494. The van der Waals surface area contributed by atoms with Crippen molar-refractivity contribution in [2.45, 2.75) is 19.4 Å². The zero-order valence-corrected chi connectivity index (χ0v) is 11.2. The molecule has 1 aliphatic heterocycles. The number of benzene rings is 1. The van der Waals surface area contributed by atoms with Crippen LogP contribution in [-0.2, 0) is 11.2 Å². The van der Waals surface area contributed by atoms with Crippen LogP contribution < -0.4 is 5.73 Å². The molecule has 2 heterocycles. The Morgan fingerprint density at radius 1 is 1.53 bits per heavy atom. The predicted molar refractivity (Wildman–Crippen MR) is 76.1 cm³/mol. The molecule has 2 aromatic rings. The number of anilines is 1. The summed E-state index contributed by atoms with van der Waals surface area (Å²) in [5.74, 6) is 1.03. The molecule has 3 rings (SSSR count). The van der Waals surface area contributed by atoms with Crippen LogP contribution in [0.15, 0.2) is 18.2 Å². The first kappa shape index (κ1) is 12.4. The number of morpholine rings is 1. The average molecular weight is 260 g/mol. The van der Waals surface area contributed by atoms with Crippen molar-refractivity contribution in [3.63, 3.8) is 0 Å². The zero-order chi connectivity index (χ0) is 13.2. The maximum absolute atomic E-state index is 5.77. The normalized spacial score (nSPS) is 21.0. The highest BCUT2D eigenvalue weighted by molar-refractivity contribution is 5.78. The summed E-state index contributed by atoms with van der Waals surface area (Å²) in [6, 6.07) is 6.27. The molecule has 1 fully saturated rings. The van der Waals surface area contributed by atoms with Crippen molar-refractivity contribution in [3.05, 3.63) is 24.0 Å². The number of hydrogen-bond donors (Lipinski definition) is 2. The second-order valence-electron chi connectivity index (χ2n) is 5.17. The van der Waals surface area contributed by atoms with Crippen molar-refractivity contribution < 1.29 is 4.74 Å². The van der Waals surface area contributed by atoms with Crippen LogP contribution in [0.25, 0.3) is 11.0 Å². The summed E-state index contributed by atoms with van der Waals surface area (Å²) >= 11 is 0. The van der Waals surface area contributed by atoms with E-state index >= 15 is 0 Å². The number of rotatable bonds is 3. The van der Waals surface area contributed by atoms with E-state index in [1.165, 1.54) is 0 Å². The molecule has 1 aliphatic rings. The van der Waals surface area contributed by atoms with Gasteiger partial charge in [-0.1, -0.05) is 0 Å². The van der Waals surface area contributed by atoms with Gasteiger partial charge in [0.25, 0.3) is 0 Å². The van der Waals surface area contributed by atoms with E-state index in [9.17, 15) is 0 Å². The number of ether oxygens (including phenoxy) is 1. The number of H-pyrrole nitrogens is 1. The van der Waals surface area contributed by atoms with Crippen LogP contribution in [0.2, 0.25) is 0 Å². The Morgan fingerprint density at radius 3 is 3.26 bits per heavy atom. The fourth-order valence-electron chi connectivity index (χ4n) is 2.54. The minimum Gasteiger partial charge on any atom is -0.399 e. The zero-order valence-electron chi connectivity index (χ0n) is 11.2. The monoisotopic (exact) mass is 260 g/mol. The highest BCUT2D eigenvalue weighted by Gasteiger charge is 2.18. The Labute approximate surface area is 112 Å². The number of aromatic nitrogens is 2. The van der Waals surface area contributed by atoms with Gasteiger partial charge in [-0.05, 0) is 25.1 Å². The molecule has 1 unspecified atom stereocenters. The fourth-order valence-corrected chi connectivity index (χ4v) is 2.54. The Kier molecular flexibility index (Phi) is 3.40. The largest absolute Gasteiger partial charge is 0.399 e. The summed E-state index contributed by atoms with van der Waals surface area (Å²) in [7, 11) is 0. The first-order chi connectivity index (χ1) is 9.22. The van der Waals surface area contributed by atoms with Crippen LogP contribution in [0.5, 0.6) is 0 Å². The minimum absolute atomic E-state index is 0.494. The second-order valence-corrected chi connectivity index (χ2v) is 5.17. The molecule has 0 spiro atoms. The number of imidazole rings is 1. The molecule has 5 nitrogen and oxygen atoms in total. The molecule has 5 heteroatoms. The average Bonchev–Trinajstić information content (AvgIpc) is 2.79. The lowest BCUT2D eigenvalue weighted by Crippen LogP contribution is -2.44. The smallest absolute Gasteiger partial charge is 0.108 e. The van der Waals surface area contributed by atoms with E-state index in [0.29, 0.717) is 6.04 Å². The third-order valence-corrected chi connectivity index (χ3v) is 3.70. The van der Waals surface area contributed by atoms with Crippen molar-refractivity contribution in [1.29, 1.82) is 0 Å². The van der Waals surface area contributed by atoms with Crippen LogP contribution in [0.4, 0.5) is 5.69 Å². The van der Waals surface area contributed by atoms with E-state index in [0.717, 1.165) is 55.3 Å². The van der Waals surface area contributed by atoms with Gasteiger partial charge in [0.15, 0.2) is 0 Å². The van der Waals surface area contributed by atoms with Crippen LogP contribution in [0, 0.1) is 0 Å². The molecule has 0 radical (unpaired) electrons. The van der Waals surface area contributed by atoms with Gasteiger partial charge in [-0.15, -0.1) is 0 Å². The van der Waals surface area contributed by atoms with Crippen LogP contribution in [-0.4, -0.2) is 47.2 Å². The van der Waals surface area contributed by atoms with Crippen molar-refractivity contribution in [1.82, 2.24) is 14.9 Å². The SMILES string of the molecule is CC1COCCN1CCc1nc2ccc(N)cc2[nH]1. The number of aromatic amines is 1. The molecule has 0 saturated carbocycles. The number of fused-ring (bicyclic) bond motifs is 1. The van der Waals surface area contributed by atoms with Gasteiger partial charge in [0.05, 0.1) is 24.2 Å². The van der Waals surface area contributed by atoms with E-state index in [-0.39, 0.29) is 0 Å². The Bertz CT molecular complexity index is 566. The van der Waals surface area contributed by atoms with Gasteiger partial charge in [0.1, 0.15) is 5.82 Å². The van der Waals surface area contributed by atoms with Gasteiger partial charge < -0.3 is 15.5 Å². The molecule has 0 aliphatic carbocycles. The number of nitrogens with two attached hydrogens (primary N) is 1. The summed E-state index contributed by atoms with van der Waals surface area (Å²) in [4.78, 5) is 10.4. The van der Waals surface area contributed by atoms with Gasteiger partial charge in [0, 0.05) is 31.2 Å². The van der Waals surface area contributed by atoms with Gasteiger partial charge in [-0.2, -0.15) is 0 Å². The van der Waals surface area contributed by atoms with Crippen LogP contribution >= 0.6 is 0 Å².